The number of rotatable bonds is 6. The van der Waals surface area contributed by atoms with Gasteiger partial charge in [-0.25, -0.2) is 0 Å². The van der Waals surface area contributed by atoms with Gasteiger partial charge < -0.3 is 10.6 Å². The first-order chi connectivity index (χ1) is 13.4. The summed E-state index contributed by atoms with van der Waals surface area (Å²) in [7, 11) is 0. The monoisotopic (exact) mass is 500 g/mol. The van der Waals surface area contributed by atoms with E-state index in [4.69, 9.17) is 35.4 Å². The molecule has 0 atom stereocenters. The highest BCUT2D eigenvalue weighted by Crippen LogP contribution is 2.24. The van der Waals surface area contributed by atoms with E-state index >= 15 is 0 Å². The molecule has 0 amide bonds. The molecule has 6 nitrogen and oxygen atoms in total. The Morgan fingerprint density at radius 3 is 2.64 bits per heavy atom. The third-order valence-electron chi connectivity index (χ3n) is 4.09. The Balaban J connectivity index is 1.60. The molecular weight excluding hydrogens is 483 g/mol. The van der Waals surface area contributed by atoms with E-state index in [0.29, 0.717) is 34.1 Å². The summed E-state index contributed by atoms with van der Waals surface area (Å²) in [6.45, 7) is 6.04. The van der Waals surface area contributed by atoms with E-state index in [-0.39, 0.29) is 0 Å². The van der Waals surface area contributed by atoms with Crippen molar-refractivity contribution in [1.29, 1.82) is 0 Å². The Bertz CT molecular complexity index is 1000. The van der Waals surface area contributed by atoms with Crippen molar-refractivity contribution in [2.24, 2.45) is 0 Å². The number of hydrogen-bond acceptors (Lipinski definition) is 3. The lowest BCUT2D eigenvalue weighted by Crippen LogP contribution is -2.28. The number of halogens is 3. The summed E-state index contributed by atoms with van der Waals surface area (Å²) in [4.78, 5) is 0. The van der Waals surface area contributed by atoms with Gasteiger partial charge in [-0.05, 0) is 59.7 Å². The molecule has 0 unspecified atom stereocenters. The molecule has 0 saturated heterocycles. The number of anilines is 1. The van der Waals surface area contributed by atoms with Gasteiger partial charge in [-0.3, -0.25) is 9.36 Å². The quantitative estimate of drug-likeness (QED) is 0.465. The van der Waals surface area contributed by atoms with Gasteiger partial charge in [0.25, 0.3) is 0 Å². The summed E-state index contributed by atoms with van der Waals surface area (Å²) in [5.41, 5.74) is 3.10. The summed E-state index contributed by atoms with van der Waals surface area (Å²) in [6.07, 6.45) is 3.90. The van der Waals surface area contributed by atoms with E-state index in [9.17, 15) is 0 Å². The van der Waals surface area contributed by atoms with Crippen molar-refractivity contribution < 1.29 is 0 Å². The standard InChI is InChI=1S/C18H19BrCl2N6S/c1-3-26-9-13(11(2)24-26)7-22-18(28)23-17-14(19)10-27(25-17)8-12-4-5-15(20)16(21)6-12/h4-6,9-10H,3,7-8H2,1-2H3,(H2,22,23,25,28). The summed E-state index contributed by atoms with van der Waals surface area (Å²) < 4.78 is 4.51. The maximum absolute atomic E-state index is 6.08. The van der Waals surface area contributed by atoms with Crippen LogP contribution in [-0.4, -0.2) is 24.7 Å². The highest BCUT2D eigenvalue weighted by Gasteiger charge is 2.10. The molecule has 0 aliphatic rings. The minimum absolute atomic E-state index is 0.490. The van der Waals surface area contributed by atoms with Gasteiger partial charge in [0.1, 0.15) is 0 Å². The van der Waals surface area contributed by atoms with Crippen molar-refractivity contribution in [1.82, 2.24) is 24.9 Å². The van der Waals surface area contributed by atoms with Gasteiger partial charge in [0.15, 0.2) is 10.9 Å². The SMILES string of the molecule is CCn1cc(CNC(=S)Nc2nn(Cc3ccc(Cl)c(Cl)c3)cc2Br)c(C)n1. The van der Waals surface area contributed by atoms with Crippen molar-refractivity contribution in [2.75, 3.05) is 5.32 Å². The topological polar surface area (TPSA) is 59.7 Å². The van der Waals surface area contributed by atoms with Crippen LogP contribution in [0.25, 0.3) is 0 Å². The zero-order chi connectivity index (χ0) is 20.3. The lowest BCUT2D eigenvalue weighted by Gasteiger charge is -2.08. The lowest BCUT2D eigenvalue weighted by molar-refractivity contribution is 0.653. The largest absolute Gasteiger partial charge is 0.358 e. The highest BCUT2D eigenvalue weighted by molar-refractivity contribution is 9.10. The van der Waals surface area contributed by atoms with E-state index in [2.05, 4.69) is 43.7 Å². The van der Waals surface area contributed by atoms with Gasteiger partial charge in [0.05, 0.1) is 26.8 Å². The zero-order valence-corrected chi connectivity index (χ0v) is 19.3. The average molecular weight is 502 g/mol. The molecule has 0 aliphatic carbocycles. The predicted molar refractivity (Wildman–Crippen MR) is 121 cm³/mol. The number of thiocarbonyl (C=S) groups is 1. The first kappa shape index (κ1) is 21.1. The summed E-state index contributed by atoms with van der Waals surface area (Å²) >= 11 is 20.9. The molecule has 0 radical (unpaired) electrons. The lowest BCUT2D eigenvalue weighted by atomic mass is 10.2. The van der Waals surface area contributed by atoms with Gasteiger partial charge in [-0.1, -0.05) is 29.3 Å². The number of nitrogens with zero attached hydrogens (tertiary/aromatic N) is 4. The Hall–Kier alpha value is -1.61. The first-order valence-electron chi connectivity index (χ1n) is 8.60. The summed E-state index contributed by atoms with van der Waals surface area (Å²) in [5, 5.41) is 16.8. The summed E-state index contributed by atoms with van der Waals surface area (Å²) in [6, 6.07) is 5.53. The van der Waals surface area contributed by atoms with Crippen LogP contribution in [0.3, 0.4) is 0 Å². The molecule has 0 spiro atoms. The highest BCUT2D eigenvalue weighted by atomic mass is 79.9. The summed E-state index contributed by atoms with van der Waals surface area (Å²) in [5.74, 6) is 0.638. The van der Waals surface area contributed by atoms with Crippen molar-refractivity contribution >= 4 is 62.3 Å². The zero-order valence-electron chi connectivity index (χ0n) is 15.3. The fourth-order valence-corrected chi connectivity index (χ4v) is 3.51. The van der Waals surface area contributed by atoms with E-state index in [1.807, 2.05) is 36.1 Å². The number of aryl methyl sites for hydroxylation is 2. The second-order valence-corrected chi connectivity index (χ2v) is 8.25. The van der Waals surface area contributed by atoms with E-state index in [1.165, 1.54) is 0 Å². The fraction of sp³-hybridized carbons (Fsp3) is 0.278. The van der Waals surface area contributed by atoms with Crippen LogP contribution >= 0.6 is 51.3 Å². The van der Waals surface area contributed by atoms with Gasteiger partial charge in [0.2, 0.25) is 0 Å². The minimum Gasteiger partial charge on any atom is -0.358 e. The van der Waals surface area contributed by atoms with Gasteiger partial charge in [0, 0.05) is 31.0 Å². The second-order valence-electron chi connectivity index (χ2n) is 6.17. The van der Waals surface area contributed by atoms with Crippen LogP contribution in [0, 0.1) is 6.92 Å². The van der Waals surface area contributed by atoms with Crippen LogP contribution in [0.2, 0.25) is 10.0 Å². The smallest absolute Gasteiger partial charge is 0.172 e. The van der Waals surface area contributed by atoms with Crippen molar-refractivity contribution in [3.8, 4) is 0 Å². The molecule has 2 aromatic heterocycles. The van der Waals surface area contributed by atoms with Gasteiger partial charge in [-0.2, -0.15) is 10.2 Å². The Kier molecular flexibility index (Phi) is 6.98. The normalized spacial score (nSPS) is 10.9. The van der Waals surface area contributed by atoms with Crippen LogP contribution in [0.5, 0.6) is 0 Å². The number of benzene rings is 1. The van der Waals surface area contributed by atoms with Crippen LogP contribution in [0.4, 0.5) is 5.82 Å². The van der Waals surface area contributed by atoms with Crippen LogP contribution in [0.1, 0.15) is 23.7 Å². The van der Waals surface area contributed by atoms with E-state index < -0.39 is 0 Å². The van der Waals surface area contributed by atoms with Gasteiger partial charge in [-0.15, -0.1) is 0 Å². The number of aromatic nitrogens is 4. The molecule has 2 heterocycles. The average Bonchev–Trinajstić information content (AvgIpc) is 3.18. The molecule has 0 bridgehead atoms. The molecule has 0 saturated carbocycles. The molecule has 148 valence electrons. The maximum atomic E-state index is 6.08. The first-order valence-corrected chi connectivity index (χ1v) is 10.6. The Morgan fingerprint density at radius 1 is 1.18 bits per heavy atom. The van der Waals surface area contributed by atoms with Crippen molar-refractivity contribution in [3.63, 3.8) is 0 Å². The molecule has 28 heavy (non-hydrogen) atoms. The fourth-order valence-electron chi connectivity index (χ4n) is 2.61. The molecular formula is C18H19BrCl2N6S. The minimum atomic E-state index is 0.490. The Morgan fingerprint density at radius 2 is 1.96 bits per heavy atom. The van der Waals surface area contributed by atoms with Crippen molar-refractivity contribution in [3.05, 3.63) is 61.9 Å². The van der Waals surface area contributed by atoms with Crippen LogP contribution in [0.15, 0.2) is 35.1 Å². The van der Waals surface area contributed by atoms with Crippen LogP contribution < -0.4 is 10.6 Å². The Labute approximate surface area is 187 Å². The predicted octanol–water partition coefficient (Wildman–Crippen LogP) is 5.01. The van der Waals surface area contributed by atoms with E-state index in [0.717, 1.165) is 27.8 Å². The maximum Gasteiger partial charge on any atom is 0.172 e. The van der Waals surface area contributed by atoms with Crippen molar-refractivity contribution in [2.45, 2.75) is 33.5 Å². The number of hydrogen-bond donors (Lipinski definition) is 2. The van der Waals surface area contributed by atoms with Crippen LogP contribution in [-0.2, 0) is 19.6 Å². The molecule has 2 N–H and O–H groups in total. The molecule has 3 rings (SSSR count). The molecule has 3 aromatic rings. The number of nitrogens with one attached hydrogen (secondary N) is 2. The third kappa shape index (κ3) is 5.26. The molecule has 0 fully saturated rings. The van der Waals surface area contributed by atoms with E-state index in [1.54, 1.807) is 10.7 Å². The van der Waals surface area contributed by atoms with Gasteiger partial charge >= 0.3 is 0 Å². The second kappa shape index (κ2) is 9.26. The molecule has 0 aliphatic heterocycles. The molecule has 10 heteroatoms. The molecule has 1 aromatic carbocycles. The third-order valence-corrected chi connectivity index (χ3v) is 5.65.